The van der Waals surface area contributed by atoms with Gasteiger partial charge in [-0.1, -0.05) is 45.9 Å². The average molecular weight is 561 g/mol. The number of benzene rings is 2. The van der Waals surface area contributed by atoms with E-state index < -0.39 is 17.6 Å². The van der Waals surface area contributed by atoms with Crippen LogP contribution < -0.4 is 14.8 Å². The van der Waals surface area contributed by atoms with Gasteiger partial charge in [-0.05, 0) is 53.5 Å². The molecule has 3 aliphatic rings. The molecule has 0 unspecified atom stereocenters. The fourth-order valence-corrected chi connectivity index (χ4v) is 6.37. The maximum atomic E-state index is 13.9. The Balaban J connectivity index is 1.50. The molecule has 0 aromatic heterocycles. The van der Waals surface area contributed by atoms with E-state index in [9.17, 15) is 18.8 Å². The number of hydrogen-bond donors (Lipinski definition) is 1. The highest BCUT2D eigenvalue weighted by Gasteiger charge is 2.48. The molecule has 216 valence electrons. The molecule has 7 nitrogen and oxygen atoms in total. The largest absolute Gasteiger partial charge is 0.493 e. The zero-order valence-electron chi connectivity index (χ0n) is 24.5. The Labute approximate surface area is 240 Å². The summed E-state index contributed by atoms with van der Waals surface area (Å²) in [6.45, 7) is 8.07. The number of ether oxygens (including phenoxy) is 2. The lowest BCUT2D eigenvalue weighted by Gasteiger charge is -2.47. The second-order valence-corrected chi connectivity index (χ2v) is 12.8. The van der Waals surface area contributed by atoms with E-state index in [1.165, 1.54) is 19.2 Å². The normalized spacial score (nSPS) is 20.0. The van der Waals surface area contributed by atoms with Crippen molar-refractivity contribution in [1.82, 2.24) is 4.90 Å². The molecule has 1 amide bonds. The molecular weight excluding hydrogens is 523 g/mol. The Morgan fingerprint density at radius 1 is 0.927 bits per heavy atom. The molecule has 2 aliphatic carbocycles. The van der Waals surface area contributed by atoms with Crippen LogP contribution in [0.4, 0.5) is 10.1 Å². The minimum atomic E-state index is -0.537. The van der Waals surface area contributed by atoms with Crippen molar-refractivity contribution in [2.75, 3.05) is 26.1 Å². The van der Waals surface area contributed by atoms with E-state index in [1.807, 2.05) is 13.1 Å². The van der Waals surface area contributed by atoms with Gasteiger partial charge in [0.15, 0.2) is 29.7 Å². The van der Waals surface area contributed by atoms with Crippen LogP contribution in [0, 0.1) is 16.6 Å². The third kappa shape index (κ3) is 5.52. The molecule has 0 fully saturated rings. The average Bonchev–Trinajstić information content (AvgIpc) is 2.89. The number of anilines is 1. The number of methoxy groups -OCH3 is 1. The van der Waals surface area contributed by atoms with Gasteiger partial charge in [0.25, 0.3) is 5.91 Å². The summed E-state index contributed by atoms with van der Waals surface area (Å²) in [6.07, 6.45) is 2.30. The number of amides is 1. The first kappa shape index (κ1) is 28.6. The van der Waals surface area contributed by atoms with Crippen LogP contribution >= 0.6 is 0 Å². The Hall–Kier alpha value is -3.94. The molecule has 0 bridgehead atoms. The van der Waals surface area contributed by atoms with Crippen molar-refractivity contribution in [3.63, 3.8) is 0 Å². The van der Waals surface area contributed by atoms with E-state index in [-0.39, 0.29) is 34.7 Å². The molecule has 2 aromatic rings. The SMILES string of the molecule is COc1cc(C2C3=C(CC(C)(C)CC3=O)N(C)C3=C2C(=O)CC(C)(C)C3)ccc1OCC(=O)Nc1ccccc1F. The first-order valence-electron chi connectivity index (χ1n) is 13.9. The number of Topliss-reactive ketones (excluding diaryl/α,β-unsaturated/α-hetero) is 2. The van der Waals surface area contributed by atoms with Crippen LogP contribution in [0.2, 0.25) is 0 Å². The Bertz CT molecular complexity index is 1450. The monoisotopic (exact) mass is 560 g/mol. The molecule has 41 heavy (non-hydrogen) atoms. The molecule has 1 aliphatic heterocycles. The van der Waals surface area contributed by atoms with Gasteiger partial charge in [-0.25, -0.2) is 4.39 Å². The molecule has 1 heterocycles. The Morgan fingerprint density at radius 2 is 1.51 bits per heavy atom. The van der Waals surface area contributed by atoms with E-state index in [0.29, 0.717) is 35.5 Å². The molecule has 2 aromatic carbocycles. The van der Waals surface area contributed by atoms with Crippen molar-refractivity contribution >= 4 is 23.2 Å². The quantitative estimate of drug-likeness (QED) is 0.455. The fraction of sp³-hybridized carbons (Fsp3) is 0.424. The predicted molar refractivity (Wildman–Crippen MR) is 154 cm³/mol. The van der Waals surface area contributed by atoms with E-state index in [1.54, 1.807) is 24.3 Å². The number of hydrogen-bond acceptors (Lipinski definition) is 6. The number of ketones is 2. The zero-order valence-corrected chi connectivity index (χ0v) is 24.5. The van der Waals surface area contributed by atoms with Crippen molar-refractivity contribution in [2.45, 2.75) is 59.3 Å². The van der Waals surface area contributed by atoms with E-state index in [2.05, 4.69) is 37.9 Å². The summed E-state index contributed by atoms with van der Waals surface area (Å²) in [5, 5.41) is 2.50. The second-order valence-electron chi connectivity index (χ2n) is 12.8. The predicted octanol–water partition coefficient (Wildman–Crippen LogP) is 6.17. The summed E-state index contributed by atoms with van der Waals surface area (Å²) in [5.74, 6) is -0.755. The molecular formula is C33H37FN2O5. The van der Waals surface area contributed by atoms with Crippen LogP contribution in [0.1, 0.15) is 64.9 Å². The highest BCUT2D eigenvalue weighted by atomic mass is 19.1. The first-order valence-corrected chi connectivity index (χ1v) is 13.9. The van der Waals surface area contributed by atoms with Gasteiger partial charge in [0.2, 0.25) is 0 Å². The van der Waals surface area contributed by atoms with Gasteiger partial charge in [0.1, 0.15) is 5.82 Å². The minimum absolute atomic E-state index is 0.0568. The maximum Gasteiger partial charge on any atom is 0.262 e. The number of halogens is 1. The van der Waals surface area contributed by atoms with E-state index in [4.69, 9.17) is 9.47 Å². The number of carbonyl (C=O) groups excluding carboxylic acids is 3. The first-order chi connectivity index (χ1) is 19.3. The molecule has 0 spiro atoms. The molecule has 0 atom stereocenters. The van der Waals surface area contributed by atoms with Crippen LogP contribution in [0.3, 0.4) is 0 Å². The van der Waals surface area contributed by atoms with Gasteiger partial charge in [0.05, 0.1) is 12.8 Å². The summed E-state index contributed by atoms with van der Waals surface area (Å²) in [4.78, 5) is 42.0. The van der Waals surface area contributed by atoms with Crippen LogP contribution in [0.5, 0.6) is 11.5 Å². The lowest BCUT2D eigenvalue weighted by Crippen LogP contribution is -2.43. The second kappa shape index (κ2) is 10.5. The fourth-order valence-electron chi connectivity index (χ4n) is 6.37. The summed E-state index contributed by atoms with van der Waals surface area (Å²) in [7, 11) is 3.48. The maximum absolute atomic E-state index is 13.9. The summed E-state index contributed by atoms with van der Waals surface area (Å²) in [5.41, 5.74) is 3.78. The number of para-hydroxylation sites is 1. The Morgan fingerprint density at radius 3 is 2.07 bits per heavy atom. The number of nitrogens with zero attached hydrogens (tertiary/aromatic N) is 1. The standard InChI is InChI=1S/C33H37FN2O5/c1-32(2)14-22-30(24(37)16-32)29(31-23(36(22)5)15-33(3,4)17-25(31)38)19-11-12-26(27(13-19)40-6)41-18-28(39)35-21-10-8-7-9-20(21)34/h7-13,29H,14-18H2,1-6H3,(H,35,39). The van der Waals surface area contributed by atoms with E-state index in [0.717, 1.165) is 29.8 Å². The highest BCUT2D eigenvalue weighted by Crippen LogP contribution is 2.54. The highest BCUT2D eigenvalue weighted by molar-refractivity contribution is 6.06. The van der Waals surface area contributed by atoms with Gasteiger partial charge in [-0.2, -0.15) is 0 Å². The summed E-state index contributed by atoms with van der Waals surface area (Å²) in [6, 6.07) is 11.2. The molecule has 5 rings (SSSR count). The summed E-state index contributed by atoms with van der Waals surface area (Å²) >= 11 is 0. The van der Waals surface area contributed by atoms with Gasteiger partial charge in [0, 0.05) is 48.3 Å². The van der Waals surface area contributed by atoms with Crippen molar-refractivity contribution in [3.05, 3.63) is 76.4 Å². The van der Waals surface area contributed by atoms with Crippen LogP contribution in [0.25, 0.3) is 0 Å². The van der Waals surface area contributed by atoms with Crippen LogP contribution in [-0.4, -0.2) is 43.1 Å². The third-order valence-electron chi connectivity index (χ3n) is 8.21. The van der Waals surface area contributed by atoms with Gasteiger partial charge in [-0.15, -0.1) is 0 Å². The Kier molecular flexibility index (Phi) is 7.30. The number of rotatable bonds is 6. The smallest absolute Gasteiger partial charge is 0.262 e. The minimum Gasteiger partial charge on any atom is -0.493 e. The molecule has 0 radical (unpaired) electrons. The van der Waals surface area contributed by atoms with Crippen molar-refractivity contribution in [2.24, 2.45) is 10.8 Å². The number of nitrogens with one attached hydrogen (secondary N) is 1. The van der Waals surface area contributed by atoms with Gasteiger partial charge < -0.3 is 19.7 Å². The van der Waals surface area contributed by atoms with E-state index >= 15 is 0 Å². The zero-order chi connectivity index (χ0) is 29.7. The number of allylic oxidation sites excluding steroid dienone is 4. The molecule has 0 saturated carbocycles. The van der Waals surface area contributed by atoms with Crippen LogP contribution in [-0.2, 0) is 14.4 Å². The molecule has 8 heteroatoms. The van der Waals surface area contributed by atoms with Gasteiger partial charge >= 0.3 is 0 Å². The molecule has 0 saturated heterocycles. The number of carbonyl (C=O) groups is 3. The topological polar surface area (TPSA) is 84.9 Å². The van der Waals surface area contributed by atoms with Crippen molar-refractivity contribution in [1.29, 1.82) is 0 Å². The van der Waals surface area contributed by atoms with Crippen molar-refractivity contribution in [3.8, 4) is 11.5 Å². The lowest BCUT2D eigenvalue weighted by molar-refractivity contribution is -0.120. The van der Waals surface area contributed by atoms with Gasteiger partial charge in [-0.3, -0.25) is 14.4 Å². The molecule has 1 N–H and O–H groups in total. The van der Waals surface area contributed by atoms with Crippen molar-refractivity contribution < 1.29 is 28.2 Å². The third-order valence-corrected chi connectivity index (χ3v) is 8.21. The summed E-state index contributed by atoms with van der Waals surface area (Å²) < 4.78 is 25.3. The lowest BCUT2D eigenvalue weighted by atomic mass is 9.64. The van der Waals surface area contributed by atoms with Crippen LogP contribution in [0.15, 0.2) is 65.0 Å².